The Labute approximate surface area is 141 Å². The average molecular weight is 336 g/mol. The number of halogens is 1. The first-order valence-corrected chi connectivity index (χ1v) is 8.64. The molecule has 0 spiro atoms. The molecular formula is C18H25FN2O3. The number of amides is 2. The second kappa shape index (κ2) is 7.49. The SMILES string of the molecule is O=C(NCC1(c2ccc(F)cc2)CCOCC1)N(CCO)C1CC1. The summed E-state index contributed by atoms with van der Waals surface area (Å²) in [6, 6.07) is 6.68. The zero-order valence-electron chi connectivity index (χ0n) is 13.8. The van der Waals surface area contributed by atoms with Crippen LogP contribution in [-0.2, 0) is 10.2 Å². The third-order valence-electron chi connectivity index (χ3n) is 5.07. The summed E-state index contributed by atoms with van der Waals surface area (Å²) in [5.41, 5.74) is 0.809. The number of benzene rings is 1. The second-order valence-electron chi connectivity index (χ2n) is 6.71. The Balaban J connectivity index is 1.70. The number of carbonyl (C=O) groups is 1. The molecule has 3 rings (SSSR count). The van der Waals surface area contributed by atoms with Crippen molar-refractivity contribution in [1.29, 1.82) is 0 Å². The molecule has 132 valence electrons. The molecule has 6 heteroatoms. The van der Waals surface area contributed by atoms with Gasteiger partial charge in [0.15, 0.2) is 0 Å². The highest BCUT2D eigenvalue weighted by atomic mass is 19.1. The number of aliphatic hydroxyl groups is 1. The van der Waals surface area contributed by atoms with E-state index in [2.05, 4.69) is 5.32 Å². The largest absolute Gasteiger partial charge is 0.395 e. The topological polar surface area (TPSA) is 61.8 Å². The van der Waals surface area contributed by atoms with E-state index in [1.807, 2.05) is 0 Å². The predicted molar refractivity (Wildman–Crippen MR) is 88.3 cm³/mol. The molecule has 0 atom stereocenters. The number of ether oxygens (including phenoxy) is 1. The van der Waals surface area contributed by atoms with Crippen molar-refractivity contribution < 1.29 is 19.0 Å². The molecule has 2 fully saturated rings. The van der Waals surface area contributed by atoms with Gasteiger partial charge in [-0.05, 0) is 43.4 Å². The van der Waals surface area contributed by atoms with E-state index in [1.54, 1.807) is 17.0 Å². The first kappa shape index (κ1) is 17.2. The molecular weight excluding hydrogens is 311 g/mol. The quantitative estimate of drug-likeness (QED) is 0.836. The van der Waals surface area contributed by atoms with Gasteiger partial charge in [-0.15, -0.1) is 0 Å². The van der Waals surface area contributed by atoms with Gasteiger partial charge < -0.3 is 20.1 Å². The van der Waals surface area contributed by atoms with Gasteiger partial charge in [0.05, 0.1) is 6.61 Å². The highest BCUT2D eigenvalue weighted by Crippen LogP contribution is 2.34. The smallest absolute Gasteiger partial charge is 0.317 e. The zero-order chi connectivity index (χ0) is 17.0. The summed E-state index contributed by atoms with van der Waals surface area (Å²) in [4.78, 5) is 14.2. The van der Waals surface area contributed by atoms with Crippen molar-refractivity contribution in [1.82, 2.24) is 10.2 Å². The fourth-order valence-electron chi connectivity index (χ4n) is 3.42. The van der Waals surface area contributed by atoms with Crippen molar-refractivity contribution in [3.63, 3.8) is 0 Å². The minimum Gasteiger partial charge on any atom is -0.395 e. The van der Waals surface area contributed by atoms with Gasteiger partial charge in [-0.1, -0.05) is 12.1 Å². The number of aliphatic hydroxyl groups excluding tert-OH is 1. The van der Waals surface area contributed by atoms with E-state index in [-0.39, 0.29) is 29.9 Å². The van der Waals surface area contributed by atoms with E-state index in [1.165, 1.54) is 12.1 Å². The Morgan fingerprint density at radius 2 is 1.96 bits per heavy atom. The normalized spacial score (nSPS) is 19.8. The number of carbonyl (C=O) groups excluding carboxylic acids is 1. The van der Waals surface area contributed by atoms with E-state index in [4.69, 9.17) is 9.84 Å². The summed E-state index contributed by atoms with van der Waals surface area (Å²) in [6.07, 6.45) is 3.60. The molecule has 1 aliphatic heterocycles. The lowest BCUT2D eigenvalue weighted by molar-refractivity contribution is 0.0499. The van der Waals surface area contributed by atoms with Gasteiger partial charge in [-0.25, -0.2) is 9.18 Å². The lowest BCUT2D eigenvalue weighted by Crippen LogP contribution is -2.49. The van der Waals surface area contributed by atoms with Crippen molar-refractivity contribution in [2.75, 3.05) is 32.9 Å². The van der Waals surface area contributed by atoms with Crippen molar-refractivity contribution in [3.8, 4) is 0 Å². The second-order valence-corrected chi connectivity index (χ2v) is 6.71. The van der Waals surface area contributed by atoms with Crippen LogP contribution in [0.3, 0.4) is 0 Å². The maximum absolute atomic E-state index is 13.3. The van der Waals surface area contributed by atoms with Crippen LogP contribution in [0.1, 0.15) is 31.2 Å². The maximum Gasteiger partial charge on any atom is 0.317 e. The van der Waals surface area contributed by atoms with E-state index < -0.39 is 0 Å². The van der Waals surface area contributed by atoms with Crippen molar-refractivity contribution in [3.05, 3.63) is 35.6 Å². The summed E-state index contributed by atoms with van der Waals surface area (Å²) in [6.45, 7) is 2.10. The van der Waals surface area contributed by atoms with Crippen LogP contribution in [0.5, 0.6) is 0 Å². The highest BCUT2D eigenvalue weighted by Gasteiger charge is 2.37. The van der Waals surface area contributed by atoms with Crippen LogP contribution >= 0.6 is 0 Å². The summed E-state index contributed by atoms with van der Waals surface area (Å²) in [5, 5.41) is 12.2. The molecule has 1 saturated heterocycles. The lowest BCUT2D eigenvalue weighted by Gasteiger charge is -2.38. The van der Waals surface area contributed by atoms with Crippen LogP contribution in [0.2, 0.25) is 0 Å². The van der Waals surface area contributed by atoms with Crippen LogP contribution in [0.15, 0.2) is 24.3 Å². The molecule has 0 bridgehead atoms. The Hall–Kier alpha value is -1.66. The van der Waals surface area contributed by atoms with Crippen molar-refractivity contribution in [2.45, 2.75) is 37.1 Å². The van der Waals surface area contributed by atoms with Gasteiger partial charge >= 0.3 is 6.03 Å². The van der Waals surface area contributed by atoms with Gasteiger partial charge in [0.2, 0.25) is 0 Å². The first-order chi connectivity index (χ1) is 11.6. The van der Waals surface area contributed by atoms with E-state index >= 15 is 0 Å². The van der Waals surface area contributed by atoms with E-state index in [0.717, 1.165) is 31.2 Å². The molecule has 1 aliphatic carbocycles. The predicted octanol–water partition coefficient (Wildman–Crippen LogP) is 2.04. The Morgan fingerprint density at radius 1 is 1.29 bits per heavy atom. The minimum absolute atomic E-state index is 0.0269. The van der Waals surface area contributed by atoms with Crippen LogP contribution < -0.4 is 5.32 Å². The van der Waals surface area contributed by atoms with Gasteiger partial charge in [0, 0.05) is 37.8 Å². The average Bonchev–Trinajstić information content (AvgIpc) is 3.44. The third kappa shape index (κ3) is 3.87. The minimum atomic E-state index is -0.257. The maximum atomic E-state index is 13.3. The summed E-state index contributed by atoms with van der Waals surface area (Å²) in [7, 11) is 0. The number of urea groups is 1. The molecule has 0 unspecified atom stereocenters. The van der Waals surface area contributed by atoms with Crippen LogP contribution in [0.4, 0.5) is 9.18 Å². The number of hydrogen-bond donors (Lipinski definition) is 2. The fourth-order valence-corrected chi connectivity index (χ4v) is 3.42. The standard InChI is InChI=1S/C18H25FN2O3/c19-15-3-1-14(2-4-15)18(7-11-24-12-8-18)13-20-17(23)21(9-10-22)16-5-6-16/h1-4,16,22H,5-13H2,(H,20,23). The number of nitrogens with zero attached hydrogens (tertiary/aromatic N) is 1. The van der Waals surface area contributed by atoms with Crippen LogP contribution in [0.25, 0.3) is 0 Å². The first-order valence-electron chi connectivity index (χ1n) is 8.64. The van der Waals surface area contributed by atoms with Crippen LogP contribution in [-0.4, -0.2) is 55.0 Å². The molecule has 2 amide bonds. The molecule has 24 heavy (non-hydrogen) atoms. The Kier molecular flexibility index (Phi) is 5.36. The van der Waals surface area contributed by atoms with E-state index in [0.29, 0.717) is 26.3 Å². The molecule has 1 saturated carbocycles. The molecule has 2 aliphatic rings. The zero-order valence-corrected chi connectivity index (χ0v) is 13.8. The molecule has 5 nitrogen and oxygen atoms in total. The monoisotopic (exact) mass is 336 g/mol. The molecule has 0 radical (unpaired) electrons. The van der Waals surface area contributed by atoms with Crippen molar-refractivity contribution >= 4 is 6.03 Å². The molecule has 1 aromatic rings. The lowest BCUT2D eigenvalue weighted by atomic mass is 9.74. The summed E-state index contributed by atoms with van der Waals surface area (Å²) >= 11 is 0. The highest BCUT2D eigenvalue weighted by molar-refractivity contribution is 5.75. The van der Waals surface area contributed by atoms with Gasteiger partial charge in [-0.2, -0.15) is 0 Å². The van der Waals surface area contributed by atoms with E-state index in [9.17, 15) is 9.18 Å². The fraction of sp³-hybridized carbons (Fsp3) is 0.611. The molecule has 0 aromatic heterocycles. The molecule has 1 heterocycles. The Morgan fingerprint density at radius 3 is 2.54 bits per heavy atom. The Bertz CT molecular complexity index is 554. The van der Waals surface area contributed by atoms with Gasteiger partial charge in [0.25, 0.3) is 0 Å². The van der Waals surface area contributed by atoms with Gasteiger partial charge in [0.1, 0.15) is 5.82 Å². The summed E-state index contributed by atoms with van der Waals surface area (Å²) in [5.74, 6) is -0.257. The molecule has 2 N–H and O–H groups in total. The number of hydrogen-bond acceptors (Lipinski definition) is 3. The number of rotatable bonds is 6. The summed E-state index contributed by atoms with van der Waals surface area (Å²) < 4.78 is 18.7. The number of nitrogens with one attached hydrogen (secondary N) is 1. The molecule has 1 aromatic carbocycles. The van der Waals surface area contributed by atoms with Gasteiger partial charge in [-0.3, -0.25) is 0 Å². The van der Waals surface area contributed by atoms with Crippen LogP contribution in [0, 0.1) is 5.82 Å². The van der Waals surface area contributed by atoms with Crippen molar-refractivity contribution in [2.24, 2.45) is 0 Å². The third-order valence-corrected chi connectivity index (χ3v) is 5.07.